The van der Waals surface area contributed by atoms with E-state index in [-0.39, 0.29) is 16.7 Å². The lowest BCUT2D eigenvalue weighted by Gasteiger charge is -2.20. The molecule has 1 aliphatic heterocycles. The maximum absolute atomic E-state index is 12.7. The highest BCUT2D eigenvalue weighted by atomic mass is 35.5. The zero-order chi connectivity index (χ0) is 20.3. The molecule has 0 bridgehead atoms. The molecule has 0 saturated carbocycles. The minimum absolute atomic E-state index is 0.0954. The normalized spacial score (nSPS) is 15.4. The van der Waals surface area contributed by atoms with Crippen molar-refractivity contribution in [2.24, 2.45) is 0 Å². The topological polar surface area (TPSA) is 48.0 Å². The summed E-state index contributed by atoms with van der Waals surface area (Å²) in [4.78, 5) is 17.4. The summed E-state index contributed by atoms with van der Waals surface area (Å²) in [5, 5.41) is 1.13. The summed E-state index contributed by atoms with van der Waals surface area (Å²) in [6.07, 6.45) is -4.42. The third kappa shape index (κ3) is 4.88. The molecule has 28 heavy (non-hydrogen) atoms. The van der Waals surface area contributed by atoms with Crippen LogP contribution in [0.2, 0.25) is 5.02 Å². The van der Waals surface area contributed by atoms with Crippen LogP contribution in [0.5, 0.6) is 17.2 Å². The zero-order valence-corrected chi connectivity index (χ0v) is 15.6. The van der Waals surface area contributed by atoms with Gasteiger partial charge in [0.05, 0.1) is 23.7 Å². The fraction of sp³-hybridized carbons (Fsp3) is 0.316. The van der Waals surface area contributed by atoms with Crippen molar-refractivity contribution in [1.29, 1.82) is 0 Å². The Morgan fingerprint density at radius 1 is 1.18 bits per heavy atom. The van der Waals surface area contributed by atoms with Crippen LogP contribution in [0.1, 0.15) is 18.9 Å². The molecule has 0 radical (unpaired) electrons. The van der Waals surface area contributed by atoms with E-state index < -0.39 is 17.8 Å². The fourth-order valence-corrected chi connectivity index (χ4v) is 2.77. The number of benzene rings is 2. The summed E-state index contributed by atoms with van der Waals surface area (Å²) in [5.41, 5.74) is -0.853. The maximum Gasteiger partial charge on any atom is 0.416 e. The fourth-order valence-electron chi connectivity index (χ4n) is 2.55. The summed E-state index contributed by atoms with van der Waals surface area (Å²) in [6, 6.07) is 9.16. The molecule has 1 fully saturated rings. The van der Waals surface area contributed by atoms with Gasteiger partial charge in [0, 0.05) is 0 Å². The molecule has 3 rings (SSSR count). The third-order valence-electron chi connectivity index (χ3n) is 3.97. The first-order valence-electron chi connectivity index (χ1n) is 8.49. The Morgan fingerprint density at radius 3 is 2.43 bits per heavy atom. The summed E-state index contributed by atoms with van der Waals surface area (Å²) < 4.78 is 49.2. The Hall–Kier alpha value is -2.45. The molecule has 150 valence electrons. The molecule has 5 nitrogen and oxygen atoms in total. The van der Waals surface area contributed by atoms with Crippen LogP contribution >= 0.6 is 11.6 Å². The van der Waals surface area contributed by atoms with Crippen molar-refractivity contribution >= 4 is 17.5 Å². The van der Waals surface area contributed by atoms with Gasteiger partial charge in [0.1, 0.15) is 17.2 Å². The Balaban J connectivity index is 1.62. The second-order valence-corrected chi connectivity index (χ2v) is 6.51. The van der Waals surface area contributed by atoms with Crippen molar-refractivity contribution in [3.05, 3.63) is 53.1 Å². The number of carbonyl (C=O) groups is 1. The number of amides is 1. The van der Waals surface area contributed by atoms with E-state index in [2.05, 4.69) is 0 Å². The SMILES string of the molecule is C[C@@H](Oc1ccc(Oc2ccc(C(F)(F)F)cc2Cl)cc1)C(=O)N1CCCO1. The number of hydrogen-bond donors (Lipinski definition) is 0. The minimum Gasteiger partial charge on any atom is -0.481 e. The van der Waals surface area contributed by atoms with Gasteiger partial charge in [-0.25, -0.2) is 5.06 Å². The molecular formula is C19H17ClF3NO4. The molecule has 0 aliphatic carbocycles. The number of halogens is 4. The van der Waals surface area contributed by atoms with Gasteiger partial charge in [-0.05, 0) is 55.8 Å². The minimum atomic E-state index is -4.48. The summed E-state index contributed by atoms with van der Waals surface area (Å²) >= 11 is 5.88. The van der Waals surface area contributed by atoms with E-state index in [4.69, 9.17) is 25.9 Å². The Bertz CT molecular complexity index is 836. The molecule has 1 saturated heterocycles. The number of rotatable bonds is 5. The molecule has 1 aliphatic rings. The van der Waals surface area contributed by atoms with E-state index in [0.717, 1.165) is 24.6 Å². The molecule has 2 aromatic rings. The second kappa shape index (κ2) is 8.28. The number of ether oxygens (including phenoxy) is 2. The van der Waals surface area contributed by atoms with Crippen LogP contribution in [0, 0.1) is 0 Å². The van der Waals surface area contributed by atoms with E-state index in [9.17, 15) is 18.0 Å². The summed E-state index contributed by atoms with van der Waals surface area (Å²) in [6.45, 7) is 2.67. The second-order valence-electron chi connectivity index (χ2n) is 6.10. The van der Waals surface area contributed by atoms with Gasteiger partial charge in [-0.1, -0.05) is 11.6 Å². The summed E-state index contributed by atoms with van der Waals surface area (Å²) in [7, 11) is 0. The monoisotopic (exact) mass is 415 g/mol. The average Bonchev–Trinajstić information content (AvgIpc) is 3.18. The number of hydroxylamine groups is 2. The highest BCUT2D eigenvalue weighted by molar-refractivity contribution is 6.32. The number of hydrogen-bond acceptors (Lipinski definition) is 4. The lowest BCUT2D eigenvalue weighted by atomic mass is 10.2. The van der Waals surface area contributed by atoms with Crippen LogP contribution in [-0.4, -0.2) is 30.2 Å². The highest BCUT2D eigenvalue weighted by Crippen LogP contribution is 2.36. The van der Waals surface area contributed by atoms with E-state index in [0.29, 0.717) is 24.7 Å². The molecule has 9 heteroatoms. The molecule has 0 aromatic heterocycles. The van der Waals surface area contributed by atoms with Crippen LogP contribution in [-0.2, 0) is 15.8 Å². The third-order valence-corrected chi connectivity index (χ3v) is 4.27. The van der Waals surface area contributed by atoms with E-state index in [1.807, 2.05) is 0 Å². The molecule has 0 unspecified atom stereocenters. The Kier molecular flexibility index (Phi) is 6.00. The smallest absolute Gasteiger partial charge is 0.416 e. The lowest BCUT2D eigenvalue weighted by Crippen LogP contribution is -2.37. The summed E-state index contributed by atoms with van der Waals surface area (Å²) in [5.74, 6) is 0.620. The molecule has 0 N–H and O–H groups in total. The van der Waals surface area contributed by atoms with Crippen LogP contribution in [0.3, 0.4) is 0 Å². The highest BCUT2D eigenvalue weighted by Gasteiger charge is 2.31. The van der Waals surface area contributed by atoms with Gasteiger partial charge >= 0.3 is 6.18 Å². The van der Waals surface area contributed by atoms with E-state index >= 15 is 0 Å². The van der Waals surface area contributed by atoms with E-state index in [1.165, 1.54) is 5.06 Å². The van der Waals surface area contributed by atoms with Gasteiger partial charge in [-0.3, -0.25) is 9.63 Å². The number of alkyl halides is 3. The van der Waals surface area contributed by atoms with Crippen molar-refractivity contribution in [3.8, 4) is 17.2 Å². The number of nitrogens with zero attached hydrogens (tertiary/aromatic N) is 1. The zero-order valence-electron chi connectivity index (χ0n) is 14.8. The average molecular weight is 416 g/mol. The standard InChI is InChI=1S/C19H17ClF3NO4/c1-12(18(25)24-9-2-10-26-24)27-14-4-6-15(7-5-14)28-17-8-3-13(11-16(17)20)19(21,22)23/h3-8,11-12H,2,9-10H2,1H3/t12-/m1/s1. The Labute approximate surface area is 164 Å². The van der Waals surface area contributed by atoms with Crippen LogP contribution in [0.4, 0.5) is 13.2 Å². The largest absolute Gasteiger partial charge is 0.481 e. The predicted octanol–water partition coefficient (Wildman–Crippen LogP) is 5.08. The van der Waals surface area contributed by atoms with Crippen LogP contribution in [0.15, 0.2) is 42.5 Å². The number of carbonyl (C=O) groups excluding carboxylic acids is 1. The van der Waals surface area contributed by atoms with Crippen molar-refractivity contribution in [1.82, 2.24) is 5.06 Å². The van der Waals surface area contributed by atoms with Gasteiger partial charge in [-0.15, -0.1) is 0 Å². The van der Waals surface area contributed by atoms with Crippen molar-refractivity contribution in [3.63, 3.8) is 0 Å². The van der Waals surface area contributed by atoms with Crippen molar-refractivity contribution in [2.45, 2.75) is 25.6 Å². The molecule has 0 spiro atoms. The van der Waals surface area contributed by atoms with Crippen molar-refractivity contribution in [2.75, 3.05) is 13.2 Å². The van der Waals surface area contributed by atoms with E-state index in [1.54, 1.807) is 31.2 Å². The first-order valence-corrected chi connectivity index (χ1v) is 8.87. The van der Waals surface area contributed by atoms with Crippen molar-refractivity contribution < 1.29 is 32.3 Å². The predicted molar refractivity (Wildman–Crippen MR) is 95.3 cm³/mol. The molecule has 1 amide bonds. The maximum atomic E-state index is 12.7. The van der Waals surface area contributed by atoms with Gasteiger partial charge in [0.15, 0.2) is 6.10 Å². The van der Waals surface area contributed by atoms with Crippen LogP contribution in [0.25, 0.3) is 0 Å². The molecule has 1 atom stereocenters. The van der Waals surface area contributed by atoms with Gasteiger partial charge in [0.25, 0.3) is 5.91 Å². The molecular weight excluding hydrogens is 399 g/mol. The Morgan fingerprint density at radius 2 is 1.86 bits per heavy atom. The molecule has 1 heterocycles. The quantitative estimate of drug-likeness (QED) is 0.683. The molecule has 2 aromatic carbocycles. The van der Waals surface area contributed by atoms with Gasteiger partial charge < -0.3 is 9.47 Å². The lowest BCUT2D eigenvalue weighted by molar-refractivity contribution is -0.175. The first kappa shape index (κ1) is 20.3. The van der Waals surface area contributed by atoms with Crippen LogP contribution < -0.4 is 9.47 Å². The van der Waals surface area contributed by atoms with Gasteiger partial charge in [-0.2, -0.15) is 13.2 Å². The van der Waals surface area contributed by atoms with Gasteiger partial charge in [0.2, 0.25) is 0 Å². The first-order chi connectivity index (χ1) is 13.2.